The lowest BCUT2D eigenvalue weighted by Gasteiger charge is -2.06. The van der Waals surface area contributed by atoms with E-state index in [1.165, 1.54) is 12.1 Å². The quantitative estimate of drug-likeness (QED) is 0.382. The Balaban J connectivity index is 1.67. The van der Waals surface area contributed by atoms with E-state index in [0.717, 1.165) is 6.07 Å². The molecule has 1 aromatic heterocycles. The number of benzene rings is 3. The number of fused-ring (bicyclic) bond motifs is 1. The number of H-pyrrole nitrogens is 1. The number of aromatic nitrogens is 2. The van der Waals surface area contributed by atoms with Crippen molar-refractivity contribution in [1.82, 2.24) is 9.97 Å². The monoisotopic (exact) mass is 433 g/mol. The lowest BCUT2D eigenvalue weighted by Crippen LogP contribution is -2.12. The highest BCUT2D eigenvalue weighted by atomic mass is 35.5. The number of halogens is 4. The Morgan fingerprint density at radius 3 is 2.46 bits per heavy atom. The van der Waals surface area contributed by atoms with Crippen molar-refractivity contribution in [2.24, 2.45) is 0 Å². The molecule has 0 spiro atoms. The zero-order valence-electron chi connectivity index (χ0n) is 14.1. The summed E-state index contributed by atoms with van der Waals surface area (Å²) in [5.41, 5.74) is 2.22. The Kier molecular flexibility index (Phi) is 4.98. The Bertz CT molecular complexity index is 1200. The van der Waals surface area contributed by atoms with E-state index in [-0.39, 0.29) is 10.7 Å². The average Bonchev–Trinajstić information content (AvgIpc) is 3.06. The number of carbonyl (C=O) groups excluding carboxylic acids is 1. The average molecular weight is 435 g/mol. The predicted octanol–water partition coefficient (Wildman–Crippen LogP) is 6.58. The number of rotatable bonds is 3. The molecule has 4 nitrogen and oxygen atoms in total. The highest BCUT2D eigenvalue weighted by Gasteiger charge is 2.15. The number of hydrogen-bond donors (Lipinski definition) is 2. The predicted molar refractivity (Wildman–Crippen MR) is 111 cm³/mol. The maximum Gasteiger partial charge on any atom is 0.255 e. The van der Waals surface area contributed by atoms with Crippen LogP contribution in [-0.2, 0) is 0 Å². The molecule has 0 fully saturated rings. The molecule has 140 valence electrons. The van der Waals surface area contributed by atoms with E-state index in [1.807, 2.05) is 0 Å². The fourth-order valence-corrected chi connectivity index (χ4v) is 3.51. The second kappa shape index (κ2) is 7.43. The van der Waals surface area contributed by atoms with E-state index in [4.69, 9.17) is 34.8 Å². The van der Waals surface area contributed by atoms with Gasteiger partial charge in [-0.2, -0.15) is 0 Å². The van der Waals surface area contributed by atoms with Crippen LogP contribution in [0.3, 0.4) is 0 Å². The first-order valence-electron chi connectivity index (χ1n) is 8.13. The normalized spacial score (nSPS) is 11.0. The molecule has 0 bridgehead atoms. The smallest absolute Gasteiger partial charge is 0.255 e. The number of imidazole rings is 1. The van der Waals surface area contributed by atoms with Gasteiger partial charge in [0.25, 0.3) is 5.91 Å². The molecule has 4 rings (SSSR count). The molecule has 2 N–H and O–H groups in total. The van der Waals surface area contributed by atoms with Gasteiger partial charge in [0.05, 0.1) is 32.3 Å². The number of aromatic amines is 1. The fraction of sp³-hybridized carbons (Fsp3) is 0. The van der Waals surface area contributed by atoms with Crippen molar-refractivity contribution in [3.05, 3.63) is 81.0 Å². The Labute approximate surface area is 174 Å². The van der Waals surface area contributed by atoms with Crippen LogP contribution in [0.15, 0.2) is 54.6 Å². The summed E-state index contributed by atoms with van der Waals surface area (Å²) in [6, 6.07) is 14.1. The standard InChI is InChI=1S/C20H11Cl3FN3O/c21-11-5-7-15(14(24)9-11)27-20(28)10-4-6-16-17(8-10)26-19(25-16)18-12(22)2-1-3-13(18)23/h1-9H,(H,25,26)(H,27,28). The first kappa shape index (κ1) is 18.7. The number of amides is 1. The highest BCUT2D eigenvalue weighted by molar-refractivity contribution is 6.39. The van der Waals surface area contributed by atoms with Crippen LogP contribution in [0.1, 0.15) is 10.4 Å². The lowest BCUT2D eigenvalue weighted by atomic mass is 10.2. The van der Waals surface area contributed by atoms with Crippen LogP contribution < -0.4 is 5.32 Å². The van der Waals surface area contributed by atoms with Gasteiger partial charge in [0.1, 0.15) is 11.6 Å². The maximum absolute atomic E-state index is 13.9. The number of nitrogens with zero attached hydrogens (tertiary/aromatic N) is 1. The molecule has 0 aliphatic heterocycles. The molecule has 1 amide bonds. The summed E-state index contributed by atoms with van der Waals surface area (Å²) in [6.45, 7) is 0. The zero-order valence-corrected chi connectivity index (χ0v) is 16.3. The molecule has 0 unspecified atom stereocenters. The molecule has 4 aromatic rings. The molecule has 8 heteroatoms. The van der Waals surface area contributed by atoms with Crippen LogP contribution in [0.2, 0.25) is 15.1 Å². The molecular weight excluding hydrogens is 424 g/mol. The third-order valence-electron chi connectivity index (χ3n) is 4.12. The summed E-state index contributed by atoms with van der Waals surface area (Å²) in [4.78, 5) is 20.1. The van der Waals surface area contributed by atoms with Gasteiger partial charge in [-0.25, -0.2) is 9.37 Å². The van der Waals surface area contributed by atoms with E-state index in [9.17, 15) is 9.18 Å². The number of anilines is 1. The van der Waals surface area contributed by atoms with Gasteiger partial charge in [-0.15, -0.1) is 0 Å². The molecule has 0 radical (unpaired) electrons. The number of hydrogen-bond acceptors (Lipinski definition) is 2. The molecule has 0 aliphatic rings. The van der Waals surface area contributed by atoms with Crippen molar-refractivity contribution in [3.8, 4) is 11.4 Å². The topological polar surface area (TPSA) is 57.8 Å². The van der Waals surface area contributed by atoms with Crippen molar-refractivity contribution in [2.45, 2.75) is 0 Å². The SMILES string of the molecule is O=C(Nc1ccc(Cl)cc1F)c1ccc2nc(-c3c(Cl)cccc3Cl)[nH]c2c1. The van der Waals surface area contributed by atoms with Gasteiger partial charge >= 0.3 is 0 Å². The van der Waals surface area contributed by atoms with E-state index in [2.05, 4.69) is 15.3 Å². The minimum Gasteiger partial charge on any atom is -0.338 e. The van der Waals surface area contributed by atoms with Crippen molar-refractivity contribution in [3.63, 3.8) is 0 Å². The second-order valence-corrected chi connectivity index (χ2v) is 7.24. The third-order valence-corrected chi connectivity index (χ3v) is 4.99. The molecule has 0 saturated heterocycles. The lowest BCUT2D eigenvalue weighted by molar-refractivity contribution is 0.102. The summed E-state index contributed by atoms with van der Waals surface area (Å²) >= 11 is 18.2. The van der Waals surface area contributed by atoms with E-state index in [0.29, 0.717) is 38.0 Å². The van der Waals surface area contributed by atoms with Crippen LogP contribution in [0, 0.1) is 5.82 Å². The first-order valence-corrected chi connectivity index (χ1v) is 9.26. The van der Waals surface area contributed by atoms with Gasteiger partial charge in [-0.3, -0.25) is 4.79 Å². The van der Waals surface area contributed by atoms with Gasteiger partial charge in [-0.1, -0.05) is 40.9 Å². The van der Waals surface area contributed by atoms with Crippen LogP contribution in [0.5, 0.6) is 0 Å². The molecule has 0 aliphatic carbocycles. The van der Waals surface area contributed by atoms with Crippen LogP contribution in [-0.4, -0.2) is 15.9 Å². The van der Waals surface area contributed by atoms with Crippen LogP contribution in [0.4, 0.5) is 10.1 Å². The van der Waals surface area contributed by atoms with Gasteiger partial charge in [0.2, 0.25) is 0 Å². The molecule has 3 aromatic carbocycles. The molecule has 28 heavy (non-hydrogen) atoms. The van der Waals surface area contributed by atoms with Crippen molar-refractivity contribution in [2.75, 3.05) is 5.32 Å². The number of carbonyl (C=O) groups is 1. The summed E-state index contributed by atoms with van der Waals surface area (Å²) < 4.78 is 13.9. The van der Waals surface area contributed by atoms with Crippen molar-refractivity contribution in [1.29, 1.82) is 0 Å². The molecule has 0 saturated carbocycles. The van der Waals surface area contributed by atoms with Gasteiger partial charge < -0.3 is 10.3 Å². The van der Waals surface area contributed by atoms with E-state index < -0.39 is 11.7 Å². The Hall–Kier alpha value is -2.60. The first-order chi connectivity index (χ1) is 13.4. The molecule has 1 heterocycles. The number of nitrogens with one attached hydrogen (secondary N) is 2. The van der Waals surface area contributed by atoms with E-state index in [1.54, 1.807) is 36.4 Å². The van der Waals surface area contributed by atoms with Gasteiger partial charge in [0.15, 0.2) is 0 Å². The van der Waals surface area contributed by atoms with Crippen LogP contribution >= 0.6 is 34.8 Å². The summed E-state index contributed by atoms with van der Waals surface area (Å²) in [5, 5.41) is 3.70. The minimum absolute atomic E-state index is 0.0441. The Morgan fingerprint density at radius 1 is 1.00 bits per heavy atom. The largest absolute Gasteiger partial charge is 0.338 e. The highest BCUT2D eigenvalue weighted by Crippen LogP contribution is 2.34. The van der Waals surface area contributed by atoms with Crippen molar-refractivity contribution < 1.29 is 9.18 Å². The van der Waals surface area contributed by atoms with Crippen molar-refractivity contribution >= 4 is 57.4 Å². The van der Waals surface area contributed by atoms with Gasteiger partial charge in [0, 0.05) is 10.6 Å². The fourth-order valence-electron chi connectivity index (χ4n) is 2.78. The third kappa shape index (κ3) is 3.56. The Morgan fingerprint density at radius 2 is 1.75 bits per heavy atom. The summed E-state index contributed by atoms with van der Waals surface area (Å²) in [7, 11) is 0. The summed E-state index contributed by atoms with van der Waals surface area (Å²) in [6.07, 6.45) is 0. The van der Waals surface area contributed by atoms with Crippen LogP contribution in [0.25, 0.3) is 22.4 Å². The zero-order chi connectivity index (χ0) is 19.8. The summed E-state index contributed by atoms with van der Waals surface area (Å²) in [5.74, 6) is -0.582. The second-order valence-electron chi connectivity index (χ2n) is 5.99. The molecule has 0 atom stereocenters. The molecular formula is C20H11Cl3FN3O. The maximum atomic E-state index is 13.9. The van der Waals surface area contributed by atoms with E-state index >= 15 is 0 Å². The minimum atomic E-state index is -0.612. The van der Waals surface area contributed by atoms with Gasteiger partial charge in [-0.05, 0) is 48.5 Å².